The van der Waals surface area contributed by atoms with Crippen LogP contribution in [0.25, 0.3) is 0 Å². The molecule has 0 atom stereocenters. The Hall–Kier alpha value is -1.00. The molecular formula is C11H8BrNOS. The van der Waals surface area contributed by atoms with E-state index in [1.807, 2.05) is 23.6 Å². The minimum atomic E-state index is 0.0601. The van der Waals surface area contributed by atoms with Crippen molar-refractivity contribution in [2.24, 2.45) is 0 Å². The van der Waals surface area contributed by atoms with Gasteiger partial charge < -0.3 is 0 Å². The zero-order chi connectivity index (χ0) is 10.7. The van der Waals surface area contributed by atoms with Crippen LogP contribution in [0.5, 0.6) is 0 Å². The summed E-state index contributed by atoms with van der Waals surface area (Å²) in [4.78, 5) is 16.9. The summed E-state index contributed by atoms with van der Waals surface area (Å²) < 4.78 is 0.884. The van der Waals surface area contributed by atoms with Gasteiger partial charge in [-0.3, -0.25) is 9.78 Å². The van der Waals surface area contributed by atoms with Crippen LogP contribution in [0.4, 0.5) is 0 Å². The maximum absolute atomic E-state index is 11.8. The number of thiophene rings is 1. The van der Waals surface area contributed by atoms with E-state index in [2.05, 4.69) is 20.9 Å². The fourth-order valence-corrected chi connectivity index (χ4v) is 2.14. The summed E-state index contributed by atoms with van der Waals surface area (Å²) in [6, 6.07) is 7.47. The Labute approximate surface area is 100 Å². The molecule has 0 amide bonds. The Balaban J connectivity index is 2.11. The van der Waals surface area contributed by atoms with Crippen LogP contribution in [0.3, 0.4) is 0 Å². The van der Waals surface area contributed by atoms with Gasteiger partial charge in [0.2, 0.25) is 0 Å². The number of hydrogen-bond donors (Lipinski definition) is 0. The smallest absolute Gasteiger partial charge is 0.186 e. The van der Waals surface area contributed by atoms with E-state index in [0.29, 0.717) is 12.1 Å². The van der Waals surface area contributed by atoms with Gasteiger partial charge in [0.25, 0.3) is 0 Å². The molecule has 0 radical (unpaired) electrons. The van der Waals surface area contributed by atoms with E-state index in [-0.39, 0.29) is 5.78 Å². The van der Waals surface area contributed by atoms with E-state index < -0.39 is 0 Å². The van der Waals surface area contributed by atoms with Gasteiger partial charge in [0.1, 0.15) is 5.69 Å². The molecule has 76 valence electrons. The lowest BCUT2D eigenvalue weighted by molar-refractivity contribution is 0.0989. The van der Waals surface area contributed by atoms with Crippen molar-refractivity contribution in [3.63, 3.8) is 0 Å². The number of carbonyl (C=O) groups excluding carboxylic acids is 1. The number of nitrogens with zero attached hydrogens (tertiary/aromatic N) is 1. The zero-order valence-corrected chi connectivity index (χ0v) is 10.2. The average molecular weight is 282 g/mol. The van der Waals surface area contributed by atoms with Crippen molar-refractivity contribution < 1.29 is 4.79 Å². The number of Topliss-reactive ketones (excluding diaryl/α,β-unsaturated/α-hetero) is 1. The zero-order valence-electron chi connectivity index (χ0n) is 7.81. The predicted molar refractivity (Wildman–Crippen MR) is 64.3 cm³/mol. The minimum Gasteiger partial charge on any atom is -0.292 e. The molecular weight excluding hydrogens is 274 g/mol. The first-order valence-corrected chi connectivity index (χ1v) is 6.10. The quantitative estimate of drug-likeness (QED) is 0.808. The molecule has 0 N–H and O–H groups in total. The van der Waals surface area contributed by atoms with Crippen molar-refractivity contribution in [2.75, 3.05) is 0 Å². The monoisotopic (exact) mass is 281 g/mol. The Kier molecular flexibility index (Phi) is 3.28. The van der Waals surface area contributed by atoms with Gasteiger partial charge in [0.15, 0.2) is 5.78 Å². The molecule has 0 fully saturated rings. The molecule has 0 aliphatic rings. The largest absolute Gasteiger partial charge is 0.292 e. The maximum atomic E-state index is 11.8. The van der Waals surface area contributed by atoms with Gasteiger partial charge in [-0.1, -0.05) is 6.07 Å². The second kappa shape index (κ2) is 4.68. The Morgan fingerprint density at radius 3 is 2.87 bits per heavy atom. The van der Waals surface area contributed by atoms with Gasteiger partial charge >= 0.3 is 0 Å². The molecule has 2 rings (SSSR count). The average Bonchev–Trinajstić information content (AvgIpc) is 2.71. The second-order valence-electron chi connectivity index (χ2n) is 3.04. The van der Waals surface area contributed by atoms with Crippen molar-refractivity contribution in [1.82, 2.24) is 4.98 Å². The summed E-state index contributed by atoms with van der Waals surface area (Å²) in [6.07, 6.45) is 2.08. The molecule has 0 spiro atoms. The number of pyridine rings is 1. The van der Waals surface area contributed by atoms with Crippen LogP contribution in [-0.4, -0.2) is 10.8 Å². The van der Waals surface area contributed by atoms with Gasteiger partial charge in [0.05, 0.1) is 0 Å². The third kappa shape index (κ3) is 2.73. The van der Waals surface area contributed by atoms with Crippen molar-refractivity contribution in [3.05, 3.63) is 50.9 Å². The maximum Gasteiger partial charge on any atom is 0.186 e. The van der Waals surface area contributed by atoms with Crippen molar-refractivity contribution in [2.45, 2.75) is 6.42 Å². The lowest BCUT2D eigenvalue weighted by Crippen LogP contribution is -2.04. The molecule has 15 heavy (non-hydrogen) atoms. The third-order valence-electron chi connectivity index (χ3n) is 1.93. The molecule has 0 aliphatic carbocycles. The molecule has 0 saturated carbocycles. The Morgan fingerprint density at radius 2 is 2.27 bits per heavy atom. The van der Waals surface area contributed by atoms with E-state index >= 15 is 0 Å². The molecule has 0 aromatic carbocycles. The Morgan fingerprint density at radius 1 is 1.40 bits per heavy atom. The van der Waals surface area contributed by atoms with Crippen LogP contribution in [0.15, 0.2) is 40.3 Å². The lowest BCUT2D eigenvalue weighted by atomic mass is 10.2. The summed E-state index contributed by atoms with van der Waals surface area (Å²) >= 11 is 4.87. The molecule has 0 saturated heterocycles. The third-order valence-corrected chi connectivity index (χ3v) is 3.27. The summed E-state index contributed by atoms with van der Waals surface area (Å²) in [5.74, 6) is 0.0601. The van der Waals surface area contributed by atoms with E-state index in [9.17, 15) is 4.79 Å². The number of hydrogen-bond acceptors (Lipinski definition) is 3. The van der Waals surface area contributed by atoms with Crippen molar-refractivity contribution in [3.8, 4) is 0 Å². The molecule has 4 heteroatoms. The molecule has 2 heterocycles. The number of halogens is 1. The van der Waals surface area contributed by atoms with E-state index in [4.69, 9.17) is 0 Å². The van der Waals surface area contributed by atoms with Gasteiger partial charge in [0, 0.05) is 22.0 Å². The highest BCUT2D eigenvalue weighted by atomic mass is 79.9. The van der Waals surface area contributed by atoms with Gasteiger partial charge in [-0.05, 0) is 39.5 Å². The Bertz CT molecular complexity index is 450. The first kappa shape index (κ1) is 10.5. The number of rotatable bonds is 3. The standard InChI is InChI=1S/C11H8BrNOS/c12-8-3-4-10(13-7-8)11(14)6-9-2-1-5-15-9/h1-5,7H,6H2. The minimum absolute atomic E-state index is 0.0601. The van der Waals surface area contributed by atoms with Crippen LogP contribution < -0.4 is 0 Å². The van der Waals surface area contributed by atoms with Gasteiger partial charge in [-0.15, -0.1) is 11.3 Å². The number of ketones is 1. The van der Waals surface area contributed by atoms with Crippen LogP contribution >= 0.6 is 27.3 Å². The van der Waals surface area contributed by atoms with E-state index in [1.165, 1.54) is 0 Å². The van der Waals surface area contributed by atoms with Crippen LogP contribution in [-0.2, 0) is 6.42 Å². The van der Waals surface area contributed by atoms with E-state index in [1.54, 1.807) is 23.6 Å². The lowest BCUT2D eigenvalue weighted by Gasteiger charge is -1.98. The summed E-state index contributed by atoms with van der Waals surface area (Å²) in [5.41, 5.74) is 0.520. The fraction of sp³-hybridized carbons (Fsp3) is 0.0909. The summed E-state index contributed by atoms with van der Waals surface area (Å²) in [6.45, 7) is 0. The highest BCUT2D eigenvalue weighted by molar-refractivity contribution is 9.10. The van der Waals surface area contributed by atoms with Crippen LogP contribution in [0.2, 0.25) is 0 Å². The van der Waals surface area contributed by atoms with Crippen LogP contribution in [0, 0.1) is 0 Å². The molecule has 2 aromatic rings. The first-order chi connectivity index (χ1) is 7.25. The highest BCUT2D eigenvalue weighted by Crippen LogP contribution is 2.13. The molecule has 0 aliphatic heterocycles. The molecule has 2 aromatic heterocycles. The molecule has 0 unspecified atom stereocenters. The SMILES string of the molecule is O=C(Cc1cccs1)c1ccc(Br)cn1. The summed E-state index contributed by atoms with van der Waals surface area (Å²) in [7, 11) is 0. The van der Waals surface area contributed by atoms with Crippen molar-refractivity contribution in [1.29, 1.82) is 0 Å². The van der Waals surface area contributed by atoms with Gasteiger partial charge in [-0.2, -0.15) is 0 Å². The first-order valence-electron chi connectivity index (χ1n) is 4.43. The highest BCUT2D eigenvalue weighted by Gasteiger charge is 2.08. The fourth-order valence-electron chi connectivity index (χ4n) is 1.20. The topological polar surface area (TPSA) is 30.0 Å². The van der Waals surface area contributed by atoms with Gasteiger partial charge in [-0.25, -0.2) is 0 Å². The van der Waals surface area contributed by atoms with Crippen molar-refractivity contribution >= 4 is 33.0 Å². The predicted octanol–water partition coefficient (Wildman–Crippen LogP) is 3.33. The summed E-state index contributed by atoms with van der Waals surface area (Å²) in [5, 5.41) is 1.97. The number of carbonyl (C=O) groups is 1. The molecule has 2 nitrogen and oxygen atoms in total. The number of aromatic nitrogens is 1. The van der Waals surface area contributed by atoms with E-state index in [0.717, 1.165) is 9.35 Å². The van der Waals surface area contributed by atoms with Crippen LogP contribution in [0.1, 0.15) is 15.4 Å². The molecule has 0 bridgehead atoms. The second-order valence-corrected chi connectivity index (χ2v) is 4.99. The normalized spacial score (nSPS) is 10.2.